The molecule has 5 fully saturated rings. The summed E-state index contributed by atoms with van der Waals surface area (Å²) in [6.45, 7) is -5.18. The number of carbonyl (C=O) groups is 2. The molecule has 5 aliphatic heterocycles. The molecule has 20 N–H and O–H groups in total. The van der Waals surface area contributed by atoms with Crippen LogP contribution in [0.5, 0.6) is 0 Å². The number of aliphatic carboxylic acids is 2. The van der Waals surface area contributed by atoms with Gasteiger partial charge in [0.2, 0.25) is 0 Å². The van der Waals surface area contributed by atoms with Crippen LogP contribution in [0.3, 0.4) is 0 Å². The van der Waals surface area contributed by atoms with Crippen molar-refractivity contribution in [3.05, 3.63) is 0 Å². The second-order valence-electron chi connectivity index (χ2n) is 18.5. The molecule has 0 radical (unpaired) electrons. The predicted octanol–water partition coefficient (Wildman–Crippen LogP) is -14.4. The minimum Gasteiger partial charge on any atom is -0.479 e. The van der Waals surface area contributed by atoms with E-state index in [-0.39, 0.29) is 0 Å². The van der Waals surface area contributed by atoms with Gasteiger partial charge in [0, 0.05) is 0 Å². The first kappa shape index (κ1) is 78.0. The van der Waals surface area contributed by atoms with Gasteiger partial charge in [0.25, 0.3) is 0 Å². The topological polar surface area (TPSA) is 816 Å². The fraction of sp³-hybridized carbons (Fsp3) is 0.933. The molecule has 528 valence electrons. The molecule has 0 aromatic heterocycles. The van der Waals surface area contributed by atoms with Crippen LogP contribution in [0.25, 0.3) is 0 Å². The number of ether oxygens (including phenoxy) is 9. The molecule has 0 bridgehead atoms. The van der Waals surface area contributed by atoms with Crippen molar-refractivity contribution in [1.82, 2.24) is 14.2 Å². The average Bonchev–Trinajstić information content (AvgIpc) is 0.776. The lowest BCUT2D eigenvalue weighted by molar-refractivity contribution is -0.373. The van der Waals surface area contributed by atoms with Gasteiger partial charge in [-0.05, 0) is 0 Å². The van der Waals surface area contributed by atoms with Crippen molar-refractivity contribution in [2.24, 2.45) is 0 Å². The number of rotatable bonds is 29. The first-order chi connectivity index (χ1) is 40.6. The highest BCUT2D eigenvalue weighted by atomic mass is 32.3. The lowest BCUT2D eigenvalue weighted by Crippen LogP contribution is -2.71. The zero-order valence-corrected chi connectivity index (χ0v) is 49.5. The van der Waals surface area contributed by atoms with Gasteiger partial charge in [0.15, 0.2) is 43.7 Å². The lowest BCUT2D eigenvalue weighted by atomic mass is 9.94. The Bertz CT molecular complexity index is 3470. The molecule has 5 saturated heterocycles. The molecule has 5 aliphatic rings. The minimum absolute atomic E-state index is 1.12. The summed E-state index contributed by atoms with van der Waals surface area (Å²) in [4.78, 5) is 25.7. The fourth-order valence-electron chi connectivity index (χ4n) is 8.80. The number of aliphatic hydroxyl groups is 7. The van der Waals surface area contributed by atoms with E-state index in [0.717, 1.165) is 9.44 Å². The van der Waals surface area contributed by atoms with E-state index < -0.39 is 268 Å². The molecule has 0 aromatic rings. The molecule has 1 unspecified atom stereocenters. The van der Waals surface area contributed by atoms with Crippen LogP contribution in [0, 0.1) is 0 Å². The van der Waals surface area contributed by atoms with Crippen molar-refractivity contribution >= 4 is 94.8 Å². The van der Waals surface area contributed by atoms with E-state index in [9.17, 15) is 155 Å². The molecular weight excluding hydrogens is 1440 g/mol. The molecule has 90 heavy (non-hydrogen) atoms. The first-order valence-electron chi connectivity index (χ1n) is 23.2. The van der Waals surface area contributed by atoms with E-state index in [1.807, 2.05) is 0 Å². The summed E-state index contributed by atoms with van der Waals surface area (Å²) in [5.41, 5.74) is 0. The Hall–Kier alpha value is -2.74. The van der Waals surface area contributed by atoms with Crippen LogP contribution < -0.4 is 14.2 Å². The highest BCUT2D eigenvalue weighted by Gasteiger charge is 2.61. The zero-order chi connectivity index (χ0) is 68.7. The van der Waals surface area contributed by atoms with E-state index >= 15 is 0 Å². The number of carboxylic acid groups (broad SMARTS) is 2. The Morgan fingerprint density at radius 2 is 0.644 bits per heavy atom. The molecule has 52 nitrogen and oxygen atoms in total. The lowest BCUT2D eigenvalue weighted by Gasteiger charge is -2.50. The second kappa shape index (κ2) is 29.3. The van der Waals surface area contributed by atoms with Crippen molar-refractivity contribution in [2.75, 3.05) is 19.8 Å². The number of hydrogen-bond donors (Lipinski definition) is 20. The van der Waals surface area contributed by atoms with Gasteiger partial charge in [-0.25, -0.2) is 30.5 Å². The van der Waals surface area contributed by atoms with E-state index in [1.54, 1.807) is 0 Å². The van der Waals surface area contributed by atoms with Crippen LogP contribution in [-0.2, 0) is 156 Å². The van der Waals surface area contributed by atoms with Crippen molar-refractivity contribution in [1.29, 1.82) is 0 Å². The van der Waals surface area contributed by atoms with Crippen LogP contribution in [0.4, 0.5) is 0 Å². The molecule has 0 amide bonds. The Balaban J connectivity index is 1.56. The number of nitrogens with one attached hydrogen (secondary N) is 3. The van der Waals surface area contributed by atoms with E-state index in [0.29, 0.717) is 0 Å². The van der Waals surface area contributed by atoms with Crippen LogP contribution in [0.15, 0.2) is 0 Å². The maximum Gasteiger partial charge on any atom is 0.397 e. The number of aliphatic hydroxyl groups excluding tert-OH is 7. The number of carboxylic acids is 2. The fourth-order valence-corrected chi connectivity index (χ4v) is 12.5. The molecule has 0 aromatic carbocycles. The van der Waals surface area contributed by atoms with Crippen LogP contribution in [0.1, 0.15) is 0 Å². The molecule has 5 rings (SSSR count). The van der Waals surface area contributed by atoms with E-state index in [4.69, 9.17) is 47.2 Å². The summed E-state index contributed by atoms with van der Waals surface area (Å²) in [6.07, 6.45) is -64.1. The Kier molecular flexibility index (Phi) is 25.4. The SMILES string of the molecule is O=C(O)[C@H]1O[C@@H](O[C@H]2[C@H](OS(=O)(=O)O)[C@@H](NS(=O)(=O)O)[C@@H](O[C@H]3[C@H](O)[C@@H](O)[C@H](O[C@H]4[C@H](OS(=O)(=O)O)[C@@H](NS(=O)(=O)O)C(O)O[C@@H]4COS(=O)(=O)O)O[C@H]3C(=O)O)O[C@@H]2COS(=O)(=O)O)[C@H](O)[C@@H](O)[C@@H]1O[C@H]1O[C@H](COS(=O)(=O)O)[C@@H](O)[C@H](O)[C@H]1NS(=O)(=O)O. The molecule has 25 atom stereocenters. The third kappa shape index (κ3) is 22.4. The highest BCUT2D eigenvalue weighted by molar-refractivity contribution is 7.84. The summed E-state index contributed by atoms with van der Waals surface area (Å²) in [5, 5.41) is 97.9. The summed E-state index contributed by atoms with van der Waals surface area (Å²) >= 11 is 0. The predicted molar refractivity (Wildman–Crippen MR) is 257 cm³/mol. The summed E-state index contributed by atoms with van der Waals surface area (Å²) < 4.78 is 339. The monoisotopic (exact) mass is 1490 g/mol. The largest absolute Gasteiger partial charge is 0.479 e. The van der Waals surface area contributed by atoms with E-state index in [1.165, 1.54) is 4.72 Å². The van der Waals surface area contributed by atoms with Crippen molar-refractivity contribution in [3.8, 4) is 0 Å². The quantitative estimate of drug-likeness (QED) is 0.0309. The molecule has 0 saturated carbocycles. The third-order valence-corrected chi connectivity index (χ3v) is 16.2. The van der Waals surface area contributed by atoms with Crippen LogP contribution in [0.2, 0.25) is 0 Å². The van der Waals surface area contributed by atoms with Gasteiger partial charge >= 0.3 is 94.8 Å². The molecule has 5 heterocycles. The maximum atomic E-state index is 12.9. The van der Waals surface area contributed by atoms with Gasteiger partial charge in [-0.1, -0.05) is 0 Å². The molecule has 0 aliphatic carbocycles. The summed E-state index contributed by atoms with van der Waals surface area (Å²) in [6, 6.07) is -8.54. The second-order valence-corrected chi connectivity index (χ2v) is 27.4. The Morgan fingerprint density at radius 1 is 0.333 bits per heavy atom. The Labute approximate surface area is 502 Å². The van der Waals surface area contributed by atoms with Crippen molar-refractivity contribution < 1.29 is 223 Å². The zero-order valence-electron chi connectivity index (χ0n) is 43.0. The summed E-state index contributed by atoms with van der Waals surface area (Å²) in [5.74, 6) is -4.88. The standard InChI is InChI=1S/C30H51N3O49S8/c34-10-4(1-69-86(54,55)56)73-27(7(11(10)35)31-83(45,46)47)77-20-12(36)14(38)30(79-22(20)24(40)41)76-17-6(3-71-88(60,61)62)74-28(9(33-85(51,52)53)19(17)82-90(66,67)68)78-21-13(37)15(39)29(80-23(21)25(42)43)75-16-5(2-70-87(57,58)59)72-26(44)8(32-84(48,49)50)18(16)81-89(63,64)65/h4-23,26-39,44H,1-3H2,(H,40,41)(H,42,43)(H,45,46,47)(H,48,49,50)(H,51,52,53)(H,54,55,56)(H,57,58,59)(H,60,61,62)(H,63,64,65)(H,66,67,68)/t4-,5-,6-,7-,8-,9-,10-,11-,12-,13-,14-,15-,16-,17-,18-,19-,20+,21+,22+,23-,26?,27-,28-,29-,30-/m1/s1. The molecular formula is C30H51N3O49S8. The van der Waals surface area contributed by atoms with Gasteiger partial charge in [-0.15, -0.1) is 0 Å². The van der Waals surface area contributed by atoms with Crippen LogP contribution in [-0.4, -0.2) is 335 Å². The van der Waals surface area contributed by atoms with Crippen LogP contribution >= 0.6 is 0 Å². The van der Waals surface area contributed by atoms with Crippen molar-refractivity contribution in [3.63, 3.8) is 0 Å². The van der Waals surface area contributed by atoms with Gasteiger partial charge in [-0.2, -0.15) is 81.5 Å². The van der Waals surface area contributed by atoms with Gasteiger partial charge in [-0.3, -0.25) is 36.4 Å². The van der Waals surface area contributed by atoms with Gasteiger partial charge in [0.1, 0.15) is 110 Å². The normalized spacial score (nSPS) is 38.9. The average molecular weight is 1490 g/mol. The van der Waals surface area contributed by atoms with E-state index in [2.05, 4.69) is 20.9 Å². The van der Waals surface area contributed by atoms with Crippen molar-refractivity contribution in [2.45, 2.75) is 153 Å². The smallest absolute Gasteiger partial charge is 0.397 e. The Morgan fingerprint density at radius 3 is 1.00 bits per heavy atom. The highest BCUT2D eigenvalue weighted by Crippen LogP contribution is 2.38. The summed E-state index contributed by atoms with van der Waals surface area (Å²) in [7, 11) is -46.6. The molecule has 60 heteroatoms. The first-order valence-corrected chi connectivity index (χ1v) is 34.3. The maximum absolute atomic E-state index is 12.9. The number of hydrogen-bond acceptors (Lipinski definition) is 39. The third-order valence-electron chi connectivity index (χ3n) is 12.2. The minimum atomic E-state index is -6.32. The van der Waals surface area contributed by atoms with Gasteiger partial charge < -0.3 is 88.6 Å². The van der Waals surface area contributed by atoms with Gasteiger partial charge in [0.05, 0.1) is 19.8 Å². The molecule has 0 spiro atoms.